The van der Waals surface area contributed by atoms with Crippen molar-refractivity contribution in [3.63, 3.8) is 0 Å². The minimum atomic E-state index is -0.932. The van der Waals surface area contributed by atoms with E-state index in [9.17, 15) is 14.7 Å². The van der Waals surface area contributed by atoms with Crippen molar-refractivity contribution in [3.05, 3.63) is 35.4 Å². The van der Waals surface area contributed by atoms with Crippen LogP contribution >= 0.6 is 0 Å². The fourth-order valence-corrected chi connectivity index (χ4v) is 4.20. The Bertz CT molecular complexity index is 592. The van der Waals surface area contributed by atoms with Crippen molar-refractivity contribution in [1.29, 1.82) is 0 Å². The van der Waals surface area contributed by atoms with Gasteiger partial charge in [0.15, 0.2) is 6.04 Å². The molecule has 0 saturated heterocycles. The first-order valence-electron chi connectivity index (χ1n) is 8.69. The minimum Gasteiger partial charge on any atom is -0.479 e. The maximum atomic E-state index is 12.9. The smallest absolute Gasteiger partial charge is 0.331 e. The Morgan fingerprint density at radius 1 is 1.26 bits per heavy atom. The van der Waals surface area contributed by atoms with Gasteiger partial charge in [0, 0.05) is 12.5 Å². The van der Waals surface area contributed by atoms with Gasteiger partial charge in [-0.2, -0.15) is 0 Å². The van der Waals surface area contributed by atoms with E-state index in [0.717, 1.165) is 24.0 Å². The highest BCUT2D eigenvalue weighted by Gasteiger charge is 2.37. The molecule has 1 fully saturated rings. The lowest BCUT2D eigenvalue weighted by Crippen LogP contribution is -2.45. The number of carbonyl (C=O) groups is 2. The van der Waals surface area contributed by atoms with E-state index in [1.165, 1.54) is 25.7 Å². The lowest BCUT2D eigenvalue weighted by molar-refractivity contribution is -0.153. The molecular formula is C19H25NO3. The maximum Gasteiger partial charge on any atom is 0.331 e. The van der Waals surface area contributed by atoms with Crippen molar-refractivity contribution in [3.8, 4) is 0 Å². The first kappa shape index (κ1) is 16.0. The average molecular weight is 315 g/mol. The van der Waals surface area contributed by atoms with E-state index >= 15 is 0 Å². The summed E-state index contributed by atoms with van der Waals surface area (Å²) in [6.07, 6.45) is 6.58. The Balaban J connectivity index is 1.78. The Hall–Kier alpha value is -1.84. The van der Waals surface area contributed by atoms with Gasteiger partial charge in [0.2, 0.25) is 5.91 Å². The van der Waals surface area contributed by atoms with Gasteiger partial charge in [-0.05, 0) is 29.9 Å². The van der Waals surface area contributed by atoms with Crippen LogP contribution in [0, 0.1) is 11.8 Å². The number of hydrogen-bond acceptors (Lipinski definition) is 2. The lowest BCUT2D eigenvalue weighted by Gasteiger charge is -2.36. The molecule has 1 N–H and O–H groups in total. The van der Waals surface area contributed by atoms with Crippen LogP contribution in [0.15, 0.2) is 24.3 Å². The number of carboxylic acids is 1. The Morgan fingerprint density at radius 2 is 1.96 bits per heavy atom. The monoisotopic (exact) mass is 315 g/mol. The summed E-state index contributed by atoms with van der Waals surface area (Å²) in [5, 5.41) is 9.68. The minimum absolute atomic E-state index is 0.00111. The van der Waals surface area contributed by atoms with E-state index in [1.54, 1.807) is 4.90 Å². The number of aliphatic carboxylic acids is 1. The molecule has 3 rings (SSSR count). The van der Waals surface area contributed by atoms with Crippen molar-refractivity contribution in [1.82, 2.24) is 4.90 Å². The third-order valence-electron chi connectivity index (χ3n) is 5.38. The van der Waals surface area contributed by atoms with Crippen LogP contribution in [-0.2, 0) is 16.0 Å². The molecule has 2 unspecified atom stereocenters. The van der Waals surface area contributed by atoms with E-state index in [2.05, 4.69) is 0 Å². The summed E-state index contributed by atoms with van der Waals surface area (Å²) in [5.41, 5.74) is 1.82. The summed E-state index contributed by atoms with van der Waals surface area (Å²) in [4.78, 5) is 26.3. The van der Waals surface area contributed by atoms with Gasteiger partial charge in [0.05, 0.1) is 0 Å². The molecule has 1 aromatic carbocycles. The van der Waals surface area contributed by atoms with Gasteiger partial charge < -0.3 is 10.0 Å². The molecule has 0 bridgehead atoms. The molecule has 0 aromatic heterocycles. The molecule has 1 amide bonds. The zero-order valence-corrected chi connectivity index (χ0v) is 13.7. The normalized spacial score (nSPS) is 22.7. The van der Waals surface area contributed by atoms with Crippen LogP contribution in [-0.4, -0.2) is 28.4 Å². The standard InChI is InChI=1S/C19H25NO3/c1-13(12-14-6-2-3-7-14)18(21)20-11-10-15-8-4-5-9-16(15)17(20)19(22)23/h4-5,8-9,13-14,17H,2-3,6-7,10-12H2,1H3,(H,22,23). The molecule has 0 spiro atoms. The van der Waals surface area contributed by atoms with Crippen LogP contribution in [0.5, 0.6) is 0 Å². The lowest BCUT2D eigenvalue weighted by atomic mass is 9.89. The van der Waals surface area contributed by atoms with Crippen molar-refractivity contribution in [2.24, 2.45) is 11.8 Å². The van der Waals surface area contributed by atoms with Crippen LogP contribution in [0.1, 0.15) is 56.2 Å². The molecular weight excluding hydrogens is 290 g/mol. The maximum absolute atomic E-state index is 12.9. The predicted octanol–water partition coefficient (Wildman–Crippen LogP) is 3.41. The number of carboxylic acid groups (broad SMARTS) is 1. The molecule has 124 valence electrons. The summed E-state index contributed by atoms with van der Waals surface area (Å²) in [6.45, 7) is 2.46. The highest BCUT2D eigenvalue weighted by atomic mass is 16.4. The Kier molecular flexibility index (Phi) is 4.69. The van der Waals surface area contributed by atoms with Crippen LogP contribution in [0.4, 0.5) is 0 Å². The van der Waals surface area contributed by atoms with E-state index in [-0.39, 0.29) is 11.8 Å². The number of hydrogen-bond donors (Lipinski definition) is 1. The fourth-order valence-electron chi connectivity index (χ4n) is 4.20. The van der Waals surface area contributed by atoms with Crippen molar-refractivity contribution >= 4 is 11.9 Å². The molecule has 1 saturated carbocycles. The molecule has 1 heterocycles. The average Bonchev–Trinajstić information content (AvgIpc) is 3.05. The van der Waals surface area contributed by atoms with Crippen molar-refractivity contribution < 1.29 is 14.7 Å². The van der Waals surface area contributed by atoms with Gasteiger partial charge in [-0.1, -0.05) is 56.9 Å². The summed E-state index contributed by atoms with van der Waals surface area (Å²) in [7, 11) is 0. The summed E-state index contributed by atoms with van der Waals surface area (Å²) in [6, 6.07) is 6.76. The van der Waals surface area contributed by atoms with Gasteiger partial charge in [-0.3, -0.25) is 4.79 Å². The number of carbonyl (C=O) groups excluding carboxylic acids is 1. The number of amides is 1. The first-order valence-corrected chi connectivity index (χ1v) is 8.69. The number of fused-ring (bicyclic) bond motifs is 1. The second kappa shape index (κ2) is 6.73. The highest BCUT2D eigenvalue weighted by molar-refractivity contribution is 5.86. The van der Waals surface area contributed by atoms with Gasteiger partial charge >= 0.3 is 5.97 Å². The summed E-state index contributed by atoms with van der Waals surface area (Å²) >= 11 is 0. The van der Waals surface area contributed by atoms with E-state index < -0.39 is 12.0 Å². The summed E-state index contributed by atoms with van der Waals surface area (Å²) < 4.78 is 0. The fraction of sp³-hybridized carbons (Fsp3) is 0.579. The van der Waals surface area contributed by atoms with Gasteiger partial charge in [0.1, 0.15) is 0 Å². The van der Waals surface area contributed by atoms with Gasteiger partial charge in [-0.15, -0.1) is 0 Å². The van der Waals surface area contributed by atoms with Crippen LogP contribution < -0.4 is 0 Å². The molecule has 1 aromatic rings. The largest absolute Gasteiger partial charge is 0.479 e. The van der Waals surface area contributed by atoms with E-state index in [0.29, 0.717) is 12.5 Å². The van der Waals surface area contributed by atoms with Crippen molar-refractivity contribution in [2.45, 2.75) is 51.5 Å². The molecule has 1 aliphatic carbocycles. The number of benzene rings is 1. The molecule has 4 heteroatoms. The molecule has 1 aliphatic heterocycles. The van der Waals surface area contributed by atoms with Crippen LogP contribution in [0.3, 0.4) is 0 Å². The Labute approximate surface area is 137 Å². The quantitative estimate of drug-likeness (QED) is 0.926. The zero-order chi connectivity index (χ0) is 16.4. The highest BCUT2D eigenvalue weighted by Crippen LogP contribution is 2.34. The predicted molar refractivity (Wildman–Crippen MR) is 88.0 cm³/mol. The number of rotatable bonds is 4. The Morgan fingerprint density at radius 3 is 2.65 bits per heavy atom. The molecule has 2 aliphatic rings. The molecule has 4 nitrogen and oxygen atoms in total. The van der Waals surface area contributed by atoms with E-state index in [4.69, 9.17) is 0 Å². The second-order valence-corrected chi connectivity index (χ2v) is 7.01. The van der Waals surface area contributed by atoms with Crippen LogP contribution in [0.2, 0.25) is 0 Å². The zero-order valence-electron chi connectivity index (χ0n) is 13.7. The SMILES string of the molecule is CC(CC1CCCC1)C(=O)N1CCc2ccccc2C1C(=O)O. The van der Waals surface area contributed by atoms with Gasteiger partial charge in [0.25, 0.3) is 0 Å². The number of nitrogens with zero attached hydrogens (tertiary/aromatic N) is 1. The summed E-state index contributed by atoms with van der Waals surface area (Å²) in [5.74, 6) is -0.392. The molecule has 0 radical (unpaired) electrons. The third kappa shape index (κ3) is 3.26. The molecule has 23 heavy (non-hydrogen) atoms. The topological polar surface area (TPSA) is 57.6 Å². The van der Waals surface area contributed by atoms with Gasteiger partial charge in [-0.25, -0.2) is 4.79 Å². The second-order valence-electron chi connectivity index (χ2n) is 7.01. The molecule has 2 atom stereocenters. The van der Waals surface area contributed by atoms with Crippen LogP contribution in [0.25, 0.3) is 0 Å². The van der Waals surface area contributed by atoms with Crippen molar-refractivity contribution in [2.75, 3.05) is 6.54 Å². The van der Waals surface area contributed by atoms with E-state index in [1.807, 2.05) is 31.2 Å². The first-order chi connectivity index (χ1) is 11.1. The third-order valence-corrected chi connectivity index (χ3v) is 5.38.